The molecule has 2 heteroatoms. The largest absolute Gasteiger partial charge is 0.330 e. The Labute approximate surface area is 64.1 Å². The zero-order chi connectivity index (χ0) is 7.17. The summed E-state index contributed by atoms with van der Waals surface area (Å²) in [6.45, 7) is 0.634. The minimum atomic E-state index is -0.712. The predicted octanol–water partition coefficient (Wildman–Crippen LogP) is 0.405. The van der Waals surface area contributed by atoms with Crippen LogP contribution in [0.4, 0.5) is 4.39 Å². The zero-order valence-corrected chi connectivity index (χ0v) is 6.13. The Bertz CT molecular complexity index is 293. The molecular formula is C9H10FN. The third-order valence-electron chi connectivity index (χ3n) is 6.09. The lowest BCUT2D eigenvalue weighted by Crippen LogP contribution is -3.13. The van der Waals surface area contributed by atoms with Crippen molar-refractivity contribution in [1.82, 2.24) is 0 Å². The first-order valence-corrected chi connectivity index (χ1v) is 4.69. The SMILES string of the molecule is NCC12C3C4C5C3C1(F)C5C42. The number of halogens is 1. The maximum atomic E-state index is 14.0. The van der Waals surface area contributed by atoms with Gasteiger partial charge in [0.05, 0.1) is 0 Å². The van der Waals surface area contributed by atoms with Gasteiger partial charge in [-0.3, -0.25) is 0 Å². The van der Waals surface area contributed by atoms with Gasteiger partial charge >= 0.3 is 0 Å². The minimum Gasteiger partial charge on any atom is -0.330 e. The average Bonchev–Trinajstić information content (AvgIpc) is 2.04. The quantitative estimate of drug-likeness (QED) is 0.577. The summed E-state index contributed by atoms with van der Waals surface area (Å²) >= 11 is 0. The second-order valence-electron chi connectivity index (χ2n) is 5.27. The summed E-state index contributed by atoms with van der Waals surface area (Å²) < 4.78 is 14.0. The van der Waals surface area contributed by atoms with Crippen molar-refractivity contribution in [2.75, 3.05) is 6.54 Å². The minimum absolute atomic E-state index is 0.0573. The maximum absolute atomic E-state index is 14.0. The topological polar surface area (TPSA) is 26.0 Å². The molecule has 0 aliphatic heterocycles. The lowest BCUT2D eigenvalue weighted by molar-refractivity contribution is -0.647. The molecule has 6 aliphatic carbocycles. The third-order valence-corrected chi connectivity index (χ3v) is 6.09. The Morgan fingerprint density at radius 1 is 1.09 bits per heavy atom. The Hall–Kier alpha value is -0.110. The van der Waals surface area contributed by atoms with Crippen LogP contribution in [0, 0.1) is 40.9 Å². The molecule has 0 radical (unpaired) electrons. The summed E-state index contributed by atoms with van der Waals surface area (Å²) in [6, 6.07) is 0. The van der Waals surface area contributed by atoms with E-state index in [1.807, 2.05) is 0 Å². The van der Waals surface area contributed by atoms with Crippen LogP contribution in [0.25, 0.3) is 0 Å². The molecule has 0 aromatic rings. The first-order chi connectivity index (χ1) is 5.30. The Morgan fingerprint density at radius 2 is 1.64 bits per heavy atom. The standard InChI is InChI=1S/C9H10FN/c10-9-6-3-2-4(6)8(9,1-11)5(2)7(3)9/h2-7H,1,11H2. The van der Waals surface area contributed by atoms with Crippen LogP contribution >= 0.6 is 0 Å². The second-order valence-corrected chi connectivity index (χ2v) is 5.27. The fraction of sp³-hybridized carbons (Fsp3) is 1.00. The van der Waals surface area contributed by atoms with Crippen molar-refractivity contribution in [3.05, 3.63) is 0 Å². The van der Waals surface area contributed by atoms with Gasteiger partial charge in [-0.05, 0) is 23.7 Å². The lowest BCUT2D eigenvalue weighted by Gasteiger charge is -3.09. The molecule has 0 amide bonds. The number of hydrogen-bond donors (Lipinski definition) is 1. The monoisotopic (exact) mass is 151 g/mol. The van der Waals surface area contributed by atoms with Crippen LogP contribution in [0.3, 0.4) is 0 Å². The Balaban J connectivity index is 1.80. The molecule has 6 aliphatic rings. The van der Waals surface area contributed by atoms with Crippen molar-refractivity contribution in [1.29, 1.82) is 0 Å². The molecule has 0 heterocycles. The van der Waals surface area contributed by atoms with E-state index in [4.69, 9.17) is 5.73 Å². The van der Waals surface area contributed by atoms with Crippen LogP contribution in [0.5, 0.6) is 0 Å². The molecule has 6 rings (SSSR count). The van der Waals surface area contributed by atoms with E-state index >= 15 is 0 Å². The average molecular weight is 151 g/mol. The molecule has 4 atom stereocenters. The van der Waals surface area contributed by atoms with Gasteiger partial charge in [-0.15, -0.1) is 0 Å². The number of hydrogen-bond acceptors (Lipinski definition) is 1. The number of rotatable bonds is 1. The smallest absolute Gasteiger partial charge is 0.125 e. The molecule has 6 fully saturated rings. The van der Waals surface area contributed by atoms with Gasteiger partial charge in [0.15, 0.2) is 0 Å². The molecule has 1 nitrogen and oxygen atoms in total. The van der Waals surface area contributed by atoms with Crippen LogP contribution in [0.1, 0.15) is 0 Å². The molecule has 0 aromatic heterocycles. The second kappa shape index (κ2) is 0.819. The summed E-state index contributed by atoms with van der Waals surface area (Å²) in [7, 11) is 0. The Morgan fingerprint density at radius 3 is 2.00 bits per heavy atom. The first kappa shape index (κ1) is 4.80. The molecule has 0 spiro atoms. The van der Waals surface area contributed by atoms with Gasteiger partial charge in [-0.25, -0.2) is 4.39 Å². The lowest BCUT2D eigenvalue weighted by atomic mass is 8.95. The Kier molecular flexibility index (Phi) is 0.358. The molecule has 0 aromatic carbocycles. The number of alkyl halides is 1. The maximum Gasteiger partial charge on any atom is 0.125 e. The van der Waals surface area contributed by atoms with Crippen molar-refractivity contribution in [3.63, 3.8) is 0 Å². The zero-order valence-electron chi connectivity index (χ0n) is 6.13. The van der Waals surface area contributed by atoms with Gasteiger partial charge in [-0.1, -0.05) is 0 Å². The van der Waals surface area contributed by atoms with Crippen molar-refractivity contribution in [3.8, 4) is 0 Å². The van der Waals surface area contributed by atoms with Gasteiger partial charge in [0.1, 0.15) is 5.67 Å². The van der Waals surface area contributed by atoms with E-state index in [9.17, 15) is 4.39 Å². The summed E-state index contributed by atoms with van der Waals surface area (Å²) in [5.41, 5.74) is 5.02. The highest BCUT2D eigenvalue weighted by molar-refractivity contribution is 5.57. The molecule has 0 bridgehead atoms. The molecule has 6 saturated carbocycles. The third kappa shape index (κ3) is 0.151. The predicted molar refractivity (Wildman–Crippen MR) is 36.3 cm³/mol. The van der Waals surface area contributed by atoms with Crippen LogP contribution in [-0.4, -0.2) is 12.2 Å². The van der Waals surface area contributed by atoms with E-state index in [-0.39, 0.29) is 5.41 Å². The van der Waals surface area contributed by atoms with Gasteiger partial charge in [0.2, 0.25) is 0 Å². The number of nitrogens with two attached hydrogens (primary N) is 1. The van der Waals surface area contributed by atoms with Gasteiger partial charge in [0.25, 0.3) is 0 Å². The molecule has 0 saturated heterocycles. The highest BCUT2D eigenvalue weighted by Gasteiger charge is 3.11. The van der Waals surface area contributed by atoms with E-state index in [0.717, 1.165) is 23.7 Å². The summed E-state index contributed by atoms with van der Waals surface area (Å²) in [5.74, 6) is 4.35. The van der Waals surface area contributed by atoms with Crippen molar-refractivity contribution >= 4 is 0 Å². The highest BCUT2D eigenvalue weighted by atomic mass is 19.1. The van der Waals surface area contributed by atoms with E-state index < -0.39 is 5.67 Å². The van der Waals surface area contributed by atoms with Crippen LogP contribution in [0.15, 0.2) is 0 Å². The van der Waals surface area contributed by atoms with Crippen molar-refractivity contribution < 1.29 is 4.39 Å². The van der Waals surface area contributed by atoms with E-state index in [1.165, 1.54) is 0 Å². The molecule has 58 valence electrons. The summed E-state index contributed by atoms with van der Waals surface area (Å²) in [6.07, 6.45) is 0. The molecule has 2 N–H and O–H groups in total. The highest BCUT2D eigenvalue weighted by Crippen LogP contribution is 3.07. The fourth-order valence-electron chi connectivity index (χ4n) is 6.06. The van der Waals surface area contributed by atoms with Crippen LogP contribution in [0.2, 0.25) is 0 Å². The summed E-state index contributed by atoms with van der Waals surface area (Å²) in [4.78, 5) is 0. The van der Waals surface area contributed by atoms with Gasteiger partial charge in [-0.2, -0.15) is 0 Å². The fourth-order valence-corrected chi connectivity index (χ4v) is 6.06. The van der Waals surface area contributed by atoms with Crippen LogP contribution < -0.4 is 5.73 Å². The van der Waals surface area contributed by atoms with E-state index in [1.54, 1.807) is 0 Å². The van der Waals surface area contributed by atoms with E-state index in [0.29, 0.717) is 18.4 Å². The van der Waals surface area contributed by atoms with Crippen LogP contribution in [-0.2, 0) is 0 Å². The molecular weight excluding hydrogens is 141 g/mol. The first-order valence-electron chi connectivity index (χ1n) is 4.69. The van der Waals surface area contributed by atoms with E-state index in [2.05, 4.69) is 0 Å². The molecule has 4 unspecified atom stereocenters. The van der Waals surface area contributed by atoms with Gasteiger partial charge < -0.3 is 5.73 Å². The molecule has 11 heavy (non-hydrogen) atoms. The van der Waals surface area contributed by atoms with Crippen molar-refractivity contribution in [2.24, 2.45) is 46.7 Å². The van der Waals surface area contributed by atoms with Crippen molar-refractivity contribution in [2.45, 2.75) is 5.67 Å². The summed E-state index contributed by atoms with van der Waals surface area (Å²) in [5, 5.41) is 0. The normalized spacial score (nSPS) is 95.5. The van der Waals surface area contributed by atoms with Gasteiger partial charge in [0, 0.05) is 23.8 Å².